The Morgan fingerprint density at radius 1 is 0.903 bits per heavy atom. The lowest BCUT2D eigenvalue weighted by Crippen LogP contribution is -2.31. The van der Waals surface area contributed by atoms with Crippen LogP contribution in [0.3, 0.4) is 0 Å². The van der Waals surface area contributed by atoms with Gasteiger partial charge in [-0.3, -0.25) is 9.59 Å². The number of aryl methyl sites for hydroxylation is 1. The van der Waals surface area contributed by atoms with Crippen LogP contribution in [0.4, 0.5) is 0 Å². The summed E-state index contributed by atoms with van der Waals surface area (Å²) in [6.45, 7) is 2.77. The molecule has 1 aliphatic rings. The minimum absolute atomic E-state index is 0.0252. The molecule has 6 nitrogen and oxygen atoms in total. The third-order valence-electron chi connectivity index (χ3n) is 5.88. The standard InChI is InChI=1S/C25H30N4O2/c30-24(28-17-9-10-18-28)19-29-22-14-7-6-13-21(22)27-23(29)15-5-2-8-16-26-25(31)20-11-3-1-4-12-20/h1,3-4,6-7,11-14H,2,5,8-10,15-19H2,(H,26,31). The number of rotatable bonds is 9. The Hall–Kier alpha value is -3.15. The number of imidazole rings is 1. The van der Waals surface area contributed by atoms with Crippen LogP contribution in [0.2, 0.25) is 0 Å². The maximum absolute atomic E-state index is 12.7. The van der Waals surface area contributed by atoms with Gasteiger partial charge in [-0.25, -0.2) is 4.98 Å². The van der Waals surface area contributed by atoms with Crippen LogP contribution in [0.25, 0.3) is 11.0 Å². The Bertz CT molecular complexity index is 1020. The molecule has 1 fully saturated rings. The van der Waals surface area contributed by atoms with Gasteiger partial charge in [-0.1, -0.05) is 36.8 Å². The number of fused-ring (bicyclic) bond motifs is 1. The van der Waals surface area contributed by atoms with Crippen LogP contribution in [0.5, 0.6) is 0 Å². The van der Waals surface area contributed by atoms with Crippen molar-refractivity contribution in [1.82, 2.24) is 19.8 Å². The van der Waals surface area contributed by atoms with Gasteiger partial charge >= 0.3 is 0 Å². The second-order valence-corrected chi connectivity index (χ2v) is 8.12. The summed E-state index contributed by atoms with van der Waals surface area (Å²) in [7, 11) is 0. The van der Waals surface area contributed by atoms with E-state index in [1.165, 1.54) is 0 Å². The number of amides is 2. The maximum atomic E-state index is 12.7. The first-order chi connectivity index (χ1) is 15.2. The van der Waals surface area contributed by atoms with E-state index in [1.807, 2.05) is 59.5 Å². The minimum atomic E-state index is -0.0252. The van der Waals surface area contributed by atoms with E-state index in [-0.39, 0.29) is 11.8 Å². The summed E-state index contributed by atoms with van der Waals surface area (Å²) in [6.07, 6.45) is 5.93. The number of benzene rings is 2. The number of aromatic nitrogens is 2. The fourth-order valence-electron chi connectivity index (χ4n) is 4.17. The van der Waals surface area contributed by atoms with Crippen molar-refractivity contribution in [2.75, 3.05) is 19.6 Å². The number of carbonyl (C=O) groups is 2. The summed E-state index contributed by atoms with van der Waals surface area (Å²) in [5.41, 5.74) is 2.67. The summed E-state index contributed by atoms with van der Waals surface area (Å²) in [6, 6.07) is 17.3. The molecule has 1 saturated heterocycles. The average Bonchev–Trinajstić information content (AvgIpc) is 3.45. The van der Waals surface area contributed by atoms with Crippen LogP contribution in [-0.4, -0.2) is 45.9 Å². The second kappa shape index (κ2) is 10.2. The molecular weight excluding hydrogens is 388 g/mol. The zero-order valence-electron chi connectivity index (χ0n) is 17.9. The molecule has 1 aromatic heterocycles. The van der Waals surface area contributed by atoms with Crippen molar-refractivity contribution in [3.8, 4) is 0 Å². The number of hydrogen-bond acceptors (Lipinski definition) is 3. The van der Waals surface area contributed by atoms with Crippen molar-refractivity contribution >= 4 is 22.8 Å². The molecule has 4 rings (SSSR count). The fourth-order valence-corrected chi connectivity index (χ4v) is 4.17. The summed E-state index contributed by atoms with van der Waals surface area (Å²) in [4.78, 5) is 31.6. The molecule has 1 N–H and O–H groups in total. The molecule has 2 heterocycles. The van der Waals surface area contributed by atoms with Crippen LogP contribution >= 0.6 is 0 Å². The summed E-state index contributed by atoms with van der Waals surface area (Å²) >= 11 is 0. The van der Waals surface area contributed by atoms with Crippen LogP contribution in [0.1, 0.15) is 48.3 Å². The molecule has 0 radical (unpaired) electrons. The predicted molar refractivity (Wildman–Crippen MR) is 122 cm³/mol. The third kappa shape index (κ3) is 5.32. The van der Waals surface area contributed by atoms with Gasteiger partial charge in [0.1, 0.15) is 12.4 Å². The molecule has 0 bridgehead atoms. The molecule has 0 saturated carbocycles. The van der Waals surface area contributed by atoms with Gasteiger partial charge in [-0.2, -0.15) is 0 Å². The molecule has 0 aliphatic carbocycles. The van der Waals surface area contributed by atoms with Crippen LogP contribution < -0.4 is 5.32 Å². The van der Waals surface area contributed by atoms with Crippen molar-refractivity contribution in [1.29, 1.82) is 0 Å². The predicted octanol–water partition coefficient (Wildman–Crippen LogP) is 3.80. The quantitative estimate of drug-likeness (QED) is 0.538. The van der Waals surface area contributed by atoms with Gasteiger partial charge in [-0.05, 0) is 49.9 Å². The summed E-state index contributed by atoms with van der Waals surface area (Å²) < 4.78 is 2.09. The van der Waals surface area contributed by atoms with E-state index in [4.69, 9.17) is 4.98 Å². The highest BCUT2D eigenvalue weighted by molar-refractivity contribution is 5.94. The van der Waals surface area contributed by atoms with Gasteiger partial charge in [-0.15, -0.1) is 0 Å². The highest BCUT2D eigenvalue weighted by atomic mass is 16.2. The number of hydrogen-bond donors (Lipinski definition) is 1. The lowest BCUT2D eigenvalue weighted by atomic mass is 10.1. The van der Waals surface area contributed by atoms with Crippen LogP contribution in [0, 0.1) is 0 Å². The Morgan fingerprint density at radius 3 is 2.45 bits per heavy atom. The molecule has 0 spiro atoms. The lowest BCUT2D eigenvalue weighted by Gasteiger charge is -2.17. The zero-order chi connectivity index (χ0) is 21.5. The normalized spacial score (nSPS) is 13.6. The van der Waals surface area contributed by atoms with E-state index in [9.17, 15) is 9.59 Å². The maximum Gasteiger partial charge on any atom is 0.251 e. The van der Waals surface area contributed by atoms with Crippen molar-refractivity contribution in [2.45, 2.75) is 45.1 Å². The van der Waals surface area contributed by atoms with E-state index in [1.54, 1.807) is 0 Å². The minimum Gasteiger partial charge on any atom is -0.352 e. The summed E-state index contributed by atoms with van der Waals surface area (Å²) in [5, 5.41) is 2.98. The van der Waals surface area contributed by atoms with Gasteiger partial charge in [0.25, 0.3) is 5.91 Å². The zero-order valence-corrected chi connectivity index (χ0v) is 17.9. The molecule has 0 unspecified atom stereocenters. The van der Waals surface area contributed by atoms with Crippen LogP contribution in [-0.2, 0) is 17.8 Å². The molecule has 0 atom stereocenters. The van der Waals surface area contributed by atoms with Crippen molar-refractivity contribution in [3.63, 3.8) is 0 Å². The Labute approximate surface area is 183 Å². The number of nitrogens with zero attached hydrogens (tertiary/aromatic N) is 3. The largest absolute Gasteiger partial charge is 0.352 e. The first-order valence-electron chi connectivity index (χ1n) is 11.3. The Kier molecular flexibility index (Phi) is 6.97. The van der Waals surface area contributed by atoms with Gasteiger partial charge in [0.2, 0.25) is 5.91 Å². The van der Waals surface area contributed by atoms with Crippen molar-refractivity contribution in [2.24, 2.45) is 0 Å². The van der Waals surface area contributed by atoms with Crippen LogP contribution in [0.15, 0.2) is 54.6 Å². The number of carbonyl (C=O) groups excluding carboxylic acids is 2. The number of unbranched alkanes of at least 4 members (excludes halogenated alkanes) is 2. The molecule has 3 aromatic rings. The smallest absolute Gasteiger partial charge is 0.251 e. The molecule has 6 heteroatoms. The monoisotopic (exact) mass is 418 g/mol. The summed E-state index contributed by atoms with van der Waals surface area (Å²) in [5.74, 6) is 1.13. The van der Waals surface area contributed by atoms with Gasteiger partial charge in [0.15, 0.2) is 0 Å². The molecule has 1 aliphatic heterocycles. The average molecular weight is 419 g/mol. The highest BCUT2D eigenvalue weighted by Crippen LogP contribution is 2.19. The fraction of sp³-hybridized carbons (Fsp3) is 0.400. The van der Waals surface area contributed by atoms with Gasteiger partial charge in [0.05, 0.1) is 11.0 Å². The lowest BCUT2D eigenvalue weighted by molar-refractivity contribution is -0.130. The van der Waals surface area contributed by atoms with E-state index >= 15 is 0 Å². The first-order valence-corrected chi connectivity index (χ1v) is 11.3. The van der Waals surface area contributed by atoms with E-state index in [2.05, 4.69) is 9.88 Å². The van der Waals surface area contributed by atoms with E-state index in [0.29, 0.717) is 18.7 Å². The van der Waals surface area contributed by atoms with Gasteiger partial charge in [0, 0.05) is 31.6 Å². The SMILES string of the molecule is O=C(NCCCCCc1nc2ccccc2n1CC(=O)N1CCCC1)c1ccccc1. The van der Waals surface area contributed by atoms with E-state index < -0.39 is 0 Å². The number of likely N-dealkylation sites (tertiary alicyclic amines) is 1. The molecular formula is C25H30N4O2. The molecule has 162 valence electrons. The number of para-hydroxylation sites is 2. The Balaban J connectivity index is 1.29. The Morgan fingerprint density at radius 2 is 1.65 bits per heavy atom. The van der Waals surface area contributed by atoms with Gasteiger partial charge < -0.3 is 14.8 Å². The topological polar surface area (TPSA) is 67.2 Å². The van der Waals surface area contributed by atoms with E-state index in [0.717, 1.165) is 68.5 Å². The molecule has 2 amide bonds. The van der Waals surface area contributed by atoms with Crippen molar-refractivity contribution < 1.29 is 9.59 Å². The second-order valence-electron chi connectivity index (χ2n) is 8.12. The first kappa shape index (κ1) is 21.1. The molecule has 31 heavy (non-hydrogen) atoms. The number of nitrogens with one attached hydrogen (secondary N) is 1. The molecule has 2 aromatic carbocycles. The third-order valence-corrected chi connectivity index (χ3v) is 5.88. The highest BCUT2D eigenvalue weighted by Gasteiger charge is 2.20. The van der Waals surface area contributed by atoms with Crippen molar-refractivity contribution in [3.05, 3.63) is 66.0 Å².